The van der Waals surface area contributed by atoms with E-state index in [1.807, 2.05) is 62.4 Å². The summed E-state index contributed by atoms with van der Waals surface area (Å²) in [4.78, 5) is 27.3. The van der Waals surface area contributed by atoms with Gasteiger partial charge in [0.2, 0.25) is 0 Å². The van der Waals surface area contributed by atoms with Gasteiger partial charge < -0.3 is 9.47 Å². The maximum atomic E-state index is 13.3. The molecule has 33 heavy (non-hydrogen) atoms. The summed E-state index contributed by atoms with van der Waals surface area (Å²) in [7, 11) is 0. The lowest BCUT2D eigenvalue weighted by Crippen LogP contribution is -2.43. The topological polar surface area (TPSA) is 79.6 Å². The van der Waals surface area contributed by atoms with Crippen molar-refractivity contribution in [1.82, 2.24) is 4.90 Å². The van der Waals surface area contributed by atoms with Gasteiger partial charge >= 0.3 is 0 Å². The van der Waals surface area contributed by atoms with E-state index in [2.05, 4.69) is 0 Å². The van der Waals surface area contributed by atoms with Gasteiger partial charge in [0, 0.05) is 12.1 Å². The van der Waals surface area contributed by atoms with E-state index in [4.69, 9.17) is 9.47 Å². The molecule has 1 aliphatic rings. The van der Waals surface area contributed by atoms with Crippen LogP contribution in [0.25, 0.3) is 6.08 Å². The van der Waals surface area contributed by atoms with Gasteiger partial charge in [-0.3, -0.25) is 14.5 Å². The molecule has 6 nitrogen and oxygen atoms in total. The Labute approximate surface area is 194 Å². The Morgan fingerprint density at radius 2 is 1.76 bits per heavy atom. The maximum Gasteiger partial charge on any atom is 0.271 e. The van der Waals surface area contributed by atoms with E-state index in [0.29, 0.717) is 42.3 Å². The molecule has 2 aromatic carbocycles. The Kier molecular flexibility index (Phi) is 8.04. The highest BCUT2D eigenvalue weighted by Crippen LogP contribution is 2.32. The highest BCUT2D eigenvalue weighted by atomic mass is 16.5. The van der Waals surface area contributed by atoms with Crippen LogP contribution in [0.4, 0.5) is 0 Å². The number of hydrogen-bond acceptors (Lipinski definition) is 5. The molecule has 2 aromatic rings. The van der Waals surface area contributed by atoms with Gasteiger partial charge in [-0.25, -0.2) is 0 Å². The lowest BCUT2D eigenvalue weighted by molar-refractivity contribution is -0.140. The van der Waals surface area contributed by atoms with Crippen molar-refractivity contribution in [3.8, 4) is 17.6 Å². The number of nitrogens with zero attached hydrogens (tertiary/aromatic N) is 2. The zero-order valence-corrected chi connectivity index (χ0v) is 19.3. The molecule has 2 amide bonds. The largest absolute Gasteiger partial charge is 0.490 e. The van der Waals surface area contributed by atoms with E-state index in [1.54, 1.807) is 19.1 Å². The third kappa shape index (κ3) is 5.50. The number of ether oxygens (including phenoxy) is 2. The van der Waals surface area contributed by atoms with Crippen molar-refractivity contribution < 1.29 is 19.1 Å². The lowest BCUT2D eigenvalue weighted by atomic mass is 9.93. The van der Waals surface area contributed by atoms with Crippen LogP contribution in [0.2, 0.25) is 0 Å². The van der Waals surface area contributed by atoms with Gasteiger partial charge in [0.1, 0.15) is 11.6 Å². The first-order chi connectivity index (χ1) is 16.0. The van der Waals surface area contributed by atoms with Gasteiger partial charge in [0.25, 0.3) is 11.8 Å². The normalized spacial score (nSPS) is 15.1. The Bertz CT molecular complexity index is 1130. The van der Waals surface area contributed by atoms with Crippen LogP contribution >= 0.6 is 0 Å². The minimum Gasteiger partial charge on any atom is -0.490 e. The van der Waals surface area contributed by atoms with Gasteiger partial charge in [0.05, 0.1) is 13.2 Å². The third-order valence-corrected chi connectivity index (χ3v) is 5.33. The summed E-state index contributed by atoms with van der Waals surface area (Å²) in [6.45, 7) is 6.80. The van der Waals surface area contributed by atoms with Gasteiger partial charge in [-0.1, -0.05) is 43.3 Å². The number of rotatable bonds is 9. The molecule has 0 unspecified atom stereocenters. The molecule has 0 atom stereocenters. The SMILES string of the molecule is CCCOc1ccc(/C=C2/C(=O)N(CCc3ccccc3)C(=O)C(C#N)=C2C)cc1OCC. The number of hydrogen-bond donors (Lipinski definition) is 0. The predicted molar refractivity (Wildman–Crippen MR) is 127 cm³/mol. The predicted octanol–water partition coefficient (Wildman–Crippen LogP) is 4.71. The molecule has 0 N–H and O–H groups in total. The summed E-state index contributed by atoms with van der Waals surface area (Å²) in [5, 5.41) is 9.61. The van der Waals surface area contributed by atoms with Crippen LogP contribution in [0.1, 0.15) is 38.3 Å². The number of amides is 2. The molecule has 0 saturated heterocycles. The summed E-state index contributed by atoms with van der Waals surface area (Å²) in [6, 6.07) is 17.1. The fourth-order valence-electron chi connectivity index (χ4n) is 3.60. The molecule has 170 valence electrons. The van der Waals surface area contributed by atoms with Crippen molar-refractivity contribution in [2.75, 3.05) is 19.8 Å². The van der Waals surface area contributed by atoms with Crippen molar-refractivity contribution in [2.45, 2.75) is 33.6 Å². The molecule has 3 rings (SSSR count). The van der Waals surface area contributed by atoms with E-state index in [-0.39, 0.29) is 12.1 Å². The first-order valence-electron chi connectivity index (χ1n) is 11.1. The second kappa shape index (κ2) is 11.1. The van der Waals surface area contributed by atoms with Crippen LogP contribution in [0.5, 0.6) is 11.5 Å². The lowest BCUT2D eigenvalue weighted by Gasteiger charge is -2.27. The Morgan fingerprint density at radius 1 is 1.00 bits per heavy atom. The van der Waals surface area contributed by atoms with Crippen LogP contribution in [0.3, 0.4) is 0 Å². The quantitative estimate of drug-likeness (QED) is 0.413. The Morgan fingerprint density at radius 3 is 2.42 bits per heavy atom. The second-order valence-electron chi connectivity index (χ2n) is 7.66. The van der Waals surface area contributed by atoms with Gasteiger partial charge in [-0.05, 0) is 61.6 Å². The maximum absolute atomic E-state index is 13.3. The molecule has 0 saturated carbocycles. The van der Waals surface area contributed by atoms with Crippen molar-refractivity contribution in [3.05, 3.63) is 76.4 Å². The van der Waals surface area contributed by atoms with Crippen LogP contribution < -0.4 is 9.47 Å². The molecule has 1 aliphatic heterocycles. The Balaban J connectivity index is 1.95. The fraction of sp³-hybridized carbons (Fsp3) is 0.296. The van der Waals surface area contributed by atoms with Crippen LogP contribution in [-0.4, -0.2) is 36.5 Å². The molecule has 0 aliphatic carbocycles. The Hall–Kier alpha value is -3.85. The zero-order valence-electron chi connectivity index (χ0n) is 19.3. The van der Waals surface area contributed by atoms with Crippen molar-refractivity contribution in [3.63, 3.8) is 0 Å². The standard InChI is InChI=1S/C27H28N2O4/c1-4-15-33-24-12-11-21(17-25(24)32-5-2)16-22-19(3)23(18-28)27(31)29(26(22)30)14-13-20-9-7-6-8-10-20/h6-12,16-17H,4-5,13-15H2,1-3H3/b22-16+. The molecule has 0 fully saturated rings. The number of benzene rings is 2. The van der Waals surface area contributed by atoms with Gasteiger partial charge in [-0.15, -0.1) is 0 Å². The highest BCUT2D eigenvalue weighted by molar-refractivity contribution is 6.19. The smallest absolute Gasteiger partial charge is 0.271 e. The first-order valence-corrected chi connectivity index (χ1v) is 11.1. The van der Waals surface area contributed by atoms with Gasteiger partial charge in [0.15, 0.2) is 11.5 Å². The monoisotopic (exact) mass is 444 g/mol. The fourth-order valence-corrected chi connectivity index (χ4v) is 3.60. The second-order valence-corrected chi connectivity index (χ2v) is 7.66. The van der Waals surface area contributed by atoms with Crippen LogP contribution in [-0.2, 0) is 16.0 Å². The molecule has 0 radical (unpaired) electrons. The van der Waals surface area contributed by atoms with Crippen molar-refractivity contribution in [1.29, 1.82) is 5.26 Å². The number of carbonyl (C=O) groups is 2. The minimum absolute atomic E-state index is 0.0122. The summed E-state index contributed by atoms with van der Waals surface area (Å²) < 4.78 is 11.5. The molecule has 0 aromatic heterocycles. The number of carbonyl (C=O) groups excluding carboxylic acids is 2. The number of imide groups is 1. The van der Waals surface area contributed by atoms with Crippen molar-refractivity contribution in [2.24, 2.45) is 0 Å². The van der Waals surface area contributed by atoms with Crippen LogP contribution in [0.15, 0.2) is 65.3 Å². The zero-order chi connectivity index (χ0) is 23.8. The summed E-state index contributed by atoms with van der Waals surface area (Å²) in [5.74, 6) is 0.270. The van der Waals surface area contributed by atoms with E-state index in [0.717, 1.165) is 22.4 Å². The average molecular weight is 445 g/mol. The van der Waals surface area contributed by atoms with E-state index in [9.17, 15) is 14.9 Å². The molecule has 0 spiro atoms. The van der Waals surface area contributed by atoms with E-state index >= 15 is 0 Å². The average Bonchev–Trinajstić information content (AvgIpc) is 2.82. The molecule has 1 heterocycles. The van der Waals surface area contributed by atoms with Crippen molar-refractivity contribution >= 4 is 17.9 Å². The third-order valence-electron chi connectivity index (χ3n) is 5.33. The van der Waals surface area contributed by atoms with E-state index in [1.165, 1.54) is 0 Å². The minimum atomic E-state index is -0.550. The molecule has 6 heteroatoms. The first kappa shape index (κ1) is 23.8. The van der Waals surface area contributed by atoms with Crippen LogP contribution in [0, 0.1) is 11.3 Å². The molecular formula is C27H28N2O4. The number of nitriles is 1. The molecular weight excluding hydrogens is 416 g/mol. The summed E-state index contributed by atoms with van der Waals surface area (Å²) in [5.41, 5.74) is 2.43. The van der Waals surface area contributed by atoms with Gasteiger partial charge in [-0.2, -0.15) is 5.26 Å². The summed E-state index contributed by atoms with van der Waals surface area (Å²) in [6.07, 6.45) is 3.09. The highest BCUT2D eigenvalue weighted by Gasteiger charge is 2.35. The molecule has 0 bridgehead atoms. The summed E-state index contributed by atoms with van der Waals surface area (Å²) >= 11 is 0. The van der Waals surface area contributed by atoms with E-state index < -0.39 is 11.8 Å².